The summed E-state index contributed by atoms with van der Waals surface area (Å²) in [5, 5.41) is 10.4. The van der Waals surface area contributed by atoms with Crippen molar-refractivity contribution in [2.45, 2.75) is 58.5 Å². The Hall–Kier alpha value is -1.43. The zero-order chi connectivity index (χ0) is 14.7. The van der Waals surface area contributed by atoms with Crippen LogP contribution in [0.25, 0.3) is 0 Å². The van der Waals surface area contributed by atoms with Gasteiger partial charge in [0.2, 0.25) is 5.82 Å². The molecule has 0 aliphatic carbocycles. The predicted molar refractivity (Wildman–Crippen MR) is 77.7 cm³/mol. The molecule has 1 saturated heterocycles. The van der Waals surface area contributed by atoms with Crippen LogP contribution in [0.1, 0.15) is 62.9 Å². The van der Waals surface area contributed by atoms with Crippen molar-refractivity contribution in [3.8, 4) is 0 Å². The average molecular weight is 279 g/mol. The van der Waals surface area contributed by atoms with Gasteiger partial charge >= 0.3 is 0 Å². The van der Waals surface area contributed by atoms with Crippen molar-refractivity contribution in [1.29, 1.82) is 0 Å². The number of nitrogens with one attached hydrogen (secondary N) is 2. The summed E-state index contributed by atoms with van der Waals surface area (Å²) in [5.74, 6) is 1.25. The van der Waals surface area contributed by atoms with Crippen molar-refractivity contribution in [3.63, 3.8) is 0 Å². The highest BCUT2D eigenvalue weighted by Crippen LogP contribution is 2.16. The van der Waals surface area contributed by atoms with Crippen LogP contribution in [-0.4, -0.2) is 51.2 Å². The Bertz CT molecular complexity index is 456. The van der Waals surface area contributed by atoms with E-state index in [9.17, 15) is 4.79 Å². The second-order valence-electron chi connectivity index (χ2n) is 5.73. The van der Waals surface area contributed by atoms with E-state index < -0.39 is 0 Å². The Morgan fingerprint density at radius 1 is 1.40 bits per heavy atom. The molecular weight excluding hydrogens is 254 g/mol. The van der Waals surface area contributed by atoms with Crippen molar-refractivity contribution >= 4 is 5.91 Å². The Kier molecular flexibility index (Phi) is 4.75. The minimum atomic E-state index is -0.0556. The number of carbonyl (C=O) groups excluding carboxylic acids is 1. The molecule has 1 aliphatic heterocycles. The van der Waals surface area contributed by atoms with E-state index in [1.54, 1.807) is 0 Å². The molecule has 0 aromatic carbocycles. The zero-order valence-corrected chi connectivity index (χ0v) is 12.8. The molecule has 2 unspecified atom stereocenters. The first-order chi connectivity index (χ1) is 9.56. The molecule has 0 bridgehead atoms. The van der Waals surface area contributed by atoms with E-state index in [1.807, 2.05) is 18.7 Å². The molecule has 0 spiro atoms. The maximum absolute atomic E-state index is 12.6. The van der Waals surface area contributed by atoms with Gasteiger partial charge in [-0.2, -0.15) is 0 Å². The summed E-state index contributed by atoms with van der Waals surface area (Å²) in [6, 6.07) is 0.594. The maximum atomic E-state index is 12.6. The molecule has 0 radical (unpaired) electrons. The Balaban J connectivity index is 2.15. The van der Waals surface area contributed by atoms with Crippen molar-refractivity contribution in [3.05, 3.63) is 11.6 Å². The normalized spacial score (nSPS) is 23.4. The van der Waals surface area contributed by atoms with Crippen LogP contribution in [0, 0.1) is 0 Å². The lowest BCUT2D eigenvalue weighted by Crippen LogP contribution is -2.58. The van der Waals surface area contributed by atoms with Crippen LogP contribution in [0.15, 0.2) is 0 Å². The molecule has 6 heteroatoms. The van der Waals surface area contributed by atoms with Gasteiger partial charge in [0.25, 0.3) is 5.91 Å². The SMILES string of the molecule is CCC1CN(C(=O)c2n[nH]c(C(C)C)n2)C(CC)CN1. The number of H-pyrrole nitrogens is 1. The van der Waals surface area contributed by atoms with Gasteiger partial charge in [-0.15, -0.1) is 5.10 Å². The molecular formula is C14H25N5O. The lowest BCUT2D eigenvalue weighted by atomic mass is 10.1. The number of piperazine rings is 1. The van der Waals surface area contributed by atoms with Crippen molar-refractivity contribution in [2.24, 2.45) is 0 Å². The van der Waals surface area contributed by atoms with Crippen LogP contribution in [0.4, 0.5) is 0 Å². The van der Waals surface area contributed by atoms with Gasteiger partial charge < -0.3 is 10.2 Å². The van der Waals surface area contributed by atoms with E-state index in [4.69, 9.17) is 0 Å². The summed E-state index contributed by atoms with van der Waals surface area (Å²) in [4.78, 5) is 18.9. The lowest BCUT2D eigenvalue weighted by molar-refractivity contribution is 0.0564. The molecule has 2 N–H and O–H groups in total. The van der Waals surface area contributed by atoms with E-state index in [0.717, 1.165) is 31.8 Å². The molecule has 112 valence electrons. The molecule has 1 aromatic heterocycles. The Labute approximate surface area is 120 Å². The van der Waals surface area contributed by atoms with E-state index in [1.165, 1.54) is 0 Å². The Morgan fingerprint density at radius 2 is 2.15 bits per heavy atom. The van der Waals surface area contributed by atoms with Gasteiger partial charge in [-0.25, -0.2) is 4.98 Å². The van der Waals surface area contributed by atoms with Gasteiger partial charge in [-0.1, -0.05) is 27.7 Å². The smallest absolute Gasteiger partial charge is 0.293 e. The van der Waals surface area contributed by atoms with E-state index in [2.05, 4.69) is 34.3 Å². The lowest BCUT2D eigenvalue weighted by Gasteiger charge is -2.39. The van der Waals surface area contributed by atoms with E-state index in [-0.39, 0.29) is 17.9 Å². The van der Waals surface area contributed by atoms with Gasteiger partial charge in [0.15, 0.2) is 0 Å². The van der Waals surface area contributed by atoms with Crippen LogP contribution in [0.3, 0.4) is 0 Å². The Morgan fingerprint density at radius 3 is 2.70 bits per heavy atom. The van der Waals surface area contributed by atoms with E-state index in [0.29, 0.717) is 11.9 Å². The number of rotatable bonds is 4. The quantitative estimate of drug-likeness (QED) is 0.876. The monoisotopic (exact) mass is 279 g/mol. The molecule has 2 heterocycles. The molecule has 6 nitrogen and oxygen atoms in total. The summed E-state index contributed by atoms with van der Waals surface area (Å²) >= 11 is 0. The number of carbonyl (C=O) groups is 1. The van der Waals surface area contributed by atoms with Gasteiger partial charge in [-0.3, -0.25) is 9.89 Å². The molecule has 20 heavy (non-hydrogen) atoms. The fraction of sp³-hybridized carbons (Fsp3) is 0.786. The molecule has 1 fully saturated rings. The number of hydrogen-bond donors (Lipinski definition) is 2. The van der Waals surface area contributed by atoms with Crippen LogP contribution < -0.4 is 5.32 Å². The second-order valence-corrected chi connectivity index (χ2v) is 5.73. The zero-order valence-electron chi connectivity index (χ0n) is 12.8. The van der Waals surface area contributed by atoms with Crippen LogP contribution in [-0.2, 0) is 0 Å². The average Bonchev–Trinajstić information content (AvgIpc) is 2.95. The van der Waals surface area contributed by atoms with Crippen molar-refractivity contribution in [1.82, 2.24) is 25.4 Å². The summed E-state index contributed by atoms with van der Waals surface area (Å²) < 4.78 is 0. The van der Waals surface area contributed by atoms with Crippen molar-refractivity contribution < 1.29 is 4.79 Å². The van der Waals surface area contributed by atoms with Crippen LogP contribution >= 0.6 is 0 Å². The van der Waals surface area contributed by atoms with Crippen molar-refractivity contribution in [2.75, 3.05) is 13.1 Å². The molecule has 1 aliphatic rings. The number of aromatic amines is 1. The molecule has 1 amide bonds. The number of hydrogen-bond acceptors (Lipinski definition) is 4. The summed E-state index contributed by atoms with van der Waals surface area (Å²) in [6.07, 6.45) is 1.96. The summed E-state index contributed by atoms with van der Waals surface area (Å²) in [5.41, 5.74) is 0. The summed E-state index contributed by atoms with van der Waals surface area (Å²) in [7, 11) is 0. The molecule has 2 rings (SSSR count). The van der Waals surface area contributed by atoms with Crippen LogP contribution in [0.2, 0.25) is 0 Å². The second kappa shape index (κ2) is 6.35. The molecule has 2 atom stereocenters. The number of aromatic nitrogens is 3. The largest absolute Gasteiger partial charge is 0.330 e. The standard InChI is InChI=1S/C14H25N5O/c1-5-10-8-19(11(6-2)7-15-10)14(20)13-16-12(9(3)4)17-18-13/h9-11,15H,5-8H2,1-4H3,(H,16,17,18). The van der Waals surface area contributed by atoms with Crippen LogP contribution in [0.5, 0.6) is 0 Å². The topological polar surface area (TPSA) is 73.9 Å². The molecule has 0 saturated carbocycles. The fourth-order valence-electron chi connectivity index (χ4n) is 2.51. The third-order valence-electron chi connectivity index (χ3n) is 3.97. The first-order valence-corrected chi connectivity index (χ1v) is 7.53. The first-order valence-electron chi connectivity index (χ1n) is 7.53. The highest BCUT2D eigenvalue weighted by Gasteiger charge is 2.32. The minimum absolute atomic E-state index is 0.0556. The third kappa shape index (κ3) is 3.00. The maximum Gasteiger partial charge on any atom is 0.293 e. The number of nitrogens with zero attached hydrogens (tertiary/aromatic N) is 3. The molecule has 1 aromatic rings. The first kappa shape index (κ1) is 15.0. The van der Waals surface area contributed by atoms with Gasteiger partial charge in [0.1, 0.15) is 5.82 Å². The predicted octanol–water partition coefficient (Wildman–Crippen LogP) is 1.53. The van der Waals surface area contributed by atoms with Gasteiger partial charge in [-0.05, 0) is 12.8 Å². The third-order valence-corrected chi connectivity index (χ3v) is 3.97. The fourth-order valence-corrected chi connectivity index (χ4v) is 2.51. The van der Waals surface area contributed by atoms with Gasteiger partial charge in [0, 0.05) is 31.1 Å². The summed E-state index contributed by atoms with van der Waals surface area (Å²) in [6.45, 7) is 9.89. The minimum Gasteiger partial charge on any atom is -0.330 e. The van der Waals surface area contributed by atoms with Gasteiger partial charge in [0.05, 0.1) is 0 Å². The van der Waals surface area contributed by atoms with E-state index >= 15 is 0 Å². The highest BCUT2D eigenvalue weighted by molar-refractivity contribution is 5.90. The highest BCUT2D eigenvalue weighted by atomic mass is 16.2. The number of amides is 1.